The van der Waals surface area contributed by atoms with Crippen molar-refractivity contribution in [3.8, 4) is 0 Å². The lowest BCUT2D eigenvalue weighted by Gasteiger charge is -2.57. The molecule has 0 saturated heterocycles. The van der Waals surface area contributed by atoms with Crippen LogP contribution in [0.4, 0.5) is 0 Å². The van der Waals surface area contributed by atoms with Crippen LogP contribution in [-0.4, -0.2) is 0 Å². The third-order valence-corrected chi connectivity index (χ3v) is 5.51. The van der Waals surface area contributed by atoms with Crippen LogP contribution < -0.4 is 0 Å². The van der Waals surface area contributed by atoms with Crippen LogP contribution in [0.25, 0.3) is 0 Å². The highest BCUT2D eigenvalue weighted by Gasteiger charge is 2.50. The summed E-state index contributed by atoms with van der Waals surface area (Å²) in [7, 11) is 0. The predicted molar refractivity (Wildman–Crippen MR) is 57.7 cm³/mol. The molecular formula is C13H24. The minimum atomic E-state index is 0.670. The van der Waals surface area contributed by atoms with Gasteiger partial charge in [0.1, 0.15) is 0 Å². The minimum Gasteiger partial charge on any atom is -0.0620 e. The van der Waals surface area contributed by atoms with Gasteiger partial charge in [0, 0.05) is 0 Å². The van der Waals surface area contributed by atoms with Gasteiger partial charge in [-0.25, -0.2) is 0 Å². The predicted octanol–water partition coefficient (Wildman–Crippen LogP) is 4.39. The zero-order chi connectivity index (χ0) is 9.53. The highest BCUT2D eigenvalue weighted by atomic mass is 14.5. The van der Waals surface area contributed by atoms with Crippen molar-refractivity contribution in [3.05, 3.63) is 0 Å². The van der Waals surface area contributed by atoms with Crippen LogP contribution in [0.1, 0.15) is 65.7 Å². The van der Waals surface area contributed by atoms with Crippen molar-refractivity contribution in [2.45, 2.75) is 65.7 Å². The Labute approximate surface area is 83.1 Å². The maximum Gasteiger partial charge on any atom is -0.0246 e. The maximum absolute atomic E-state index is 2.57. The number of hydrogen-bond acceptors (Lipinski definition) is 0. The van der Waals surface area contributed by atoms with Gasteiger partial charge in [0.25, 0.3) is 0 Å². The Hall–Kier alpha value is 0. The van der Waals surface area contributed by atoms with Crippen molar-refractivity contribution in [1.29, 1.82) is 0 Å². The van der Waals surface area contributed by atoms with Crippen LogP contribution in [0, 0.1) is 16.7 Å². The molecule has 1 unspecified atom stereocenters. The smallest absolute Gasteiger partial charge is 0.0246 e. The maximum atomic E-state index is 2.57. The SMILES string of the molecule is C[C@H]1CCC[C@@]2(C)CCCCC12C. The zero-order valence-corrected chi connectivity index (χ0v) is 9.53. The lowest BCUT2D eigenvalue weighted by molar-refractivity contribution is -0.0676. The van der Waals surface area contributed by atoms with E-state index in [0.29, 0.717) is 10.8 Å². The molecule has 2 aliphatic carbocycles. The molecule has 0 aromatic carbocycles. The van der Waals surface area contributed by atoms with E-state index in [-0.39, 0.29) is 0 Å². The Morgan fingerprint density at radius 1 is 0.923 bits per heavy atom. The highest BCUT2D eigenvalue weighted by Crippen LogP contribution is 2.60. The van der Waals surface area contributed by atoms with Gasteiger partial charge in [-0.3, -0.25) is 0 Å². The van der Waals surface area contributed by atoms with Gasteiger partial charge >= 0.3 is 0 Å². The molecule has 0 aromatic rings. The van der Waals surface area contributed by atoms with E-state index >= 15 is 0 Å². The van der Waals surface area contributed by atoms with E-state index in [2.05, 4.69) is 20.8 Å². The van der Waals surface area contributed by atoms with E-state index in [1.165, 1.54) is 44.9 Å². The van der Waals surface area contributed by atoms with E-state index in [0.717, 1.165) is 5.92 Å². The van der Waals surface area contributed by atoms with Gasteiger partial charge in [-0.15, -0.1) is 0 Å². The summed E-state index contributed by atoms with van der Waals surface area (Å²) >= 11 is 0. The van der Waals surface area contributed by atoms with Crippen molar-refractivity contribution in [1.82, 2.24) is 0 Å². The first-order valence-electron chi connectivity index (χ1n) is 6.08. The summed E-state index contributed by atoms with van der Waals surface area (Å²) in [6.07, 6.45) is 10.4. The Bertz CT molecular complexity index is 192. The van der Waals surface area contributed by atoms with Gasteiger partial charge in [0.05, 0.1) is 0 Å². The van der Waals surface area contributed by atoms with Crippen molar-refractivity contribution in [2.24, 2.45) is 16.7 Å². The molecule has 13 heavy (non-hydrogen) atoms. The Kier molecular flexibility index (Phi) is 2.20. The topological polar surface area (TPSA) is 0 Å². The average Bonchev–Trinajstić information content (AvgIpc) is 2.09. The van der Waals surface area contributed by atoms with Crippen molar-refractivity contribution in [2.75, 3.05) is 0 Å². The molecule has 2 saturated carbocycles. The molecule has 2 aliphatic rings. The third-order valence-electron chi connectivity index (χ3n) is 5.51. The second-order valence-electron chi connectivity index (χ2n) is 5.98. The second kappa shape index (κ2) is 3.00. The molecule has 0 bridgehead atoms. The Morgan fingerprint density at radius 2 is 1.54 bits per heavy atom. The number of hydrogen-bond donors (Lipinski definition) is 0. The van der Waals surface area contributed by atoms with Gasteiger partial charge in [-0.05, 0) is 36.0 Å². The first-order chi connectivity index (χ1) is 6.08. The quantitative estimate of drug-likeness (QED) is 0.518. The van der Waals surface area contributed by atoms with Gasteiger partial charge in [-0.1, -0.05) is 46.5 Å². The molecule has 0 radical (unpaired) electrons. The lowest BCUT2D eigenvalue weighted by Crippen LogP contribution is -2.47. The fourth-order valence-corrected chi connectivity index (χ4v) is 3.96. The molecule has 76 valence electrons. The normalized spacial score (nSPS) is 51.5. The molecule has 0 amide bonds. The second-order valence-corrected chi connectivity index (χ2v) is 5.98. The average molecular weight is 180 g/mol. The Morgan fingerprint density at radius 3 is 2.23 bits per heavy atom. The fourth-order valence-electron chi connectivity index (χ4n) is 3.96. The van der Waals surface area contributed by atoms with Crippen LogP contribution in [0.2, 0.25) is 0 Å². The van der Waals surface area contributed by atoms with Gasteiger partial charge < -0.3 is 0 Å². The first-order valence-corrected chi connectivity index (χ1v) is 6.08. The van der Waals surface area contributed by atoms with Gasteiger partial charge in [0.15, 0.2) is 0 Å². The third kappa shape index (κ3) is 1.25. The summed E-state index contributed by atoms with van der Waals surface area (Å²) in [4.78, 5) is 0. The molecule has 0 nitrogen and oxygen atoms in total. The summed E-state index contributed by atoms with van der Waals surface area (Å²) in [5.41, 5.74) is 1.35. The minimum absolute atomic E-state index is 0.670. The summed E-state index contributed by atoms with van der Waals surface area (Å²) in [5, 5.41) is 0. The van der Waals surface area contributed by atoms with Gasteiger partial charge in [0.2, 0.25) is 0 Å². The molecule has 0 heterocycles. The Balaban J connectivity index is 2.27. The van der Waals surface area contributed by atoms with E-state index < -0.39 is 0 Å². The monoisotopic (exact) mass is 180 g/mol. The van der Waals surface area contributed by atoms with Gasteiger partial charge in [-0.2, -0.15) is 0 Å². The summed E-state index contributed by atoms with van der Waals surface area (Å²) in [6.45, 7) is 7.61. The molecule has 0 N–H and O–H groups in total. The van der Waals surface area contributed by atoms with E-state index in [1.54, 1.807) is 0 Å². The van der Waals surface area contributed by atoms with Crippen LogP contribution in [0.3, 0.4) is 0 Å². The van der Waals surface area contributed by atoms with Crippen LogP contribution in [-0.2, 0) is 0 Å². The molecule has 2 rings (SSSR count). The first kappa shape index (κ1) is 9.55. The van der Waals surface area contributed by atoms with E-state index in [1.807, 2.05) is 0 Å². The molecular weight excluding hydrogens is 156 g/mol. The number of rotatable bonds is 0. The molecule has 0 aliphatic heterocycles. The lowest BCUT2D eigenvalue weighted by atomic mass is 9.48. The molecule has 0 aromatic heterocycles. The van der Waals surface area contributed by atoms with Crippen LogP contribution in [0.15, 0.2) is 0 Å². The zero-order valence-electron chi connectivity index (χ0n) is 9.53. The standard InChI is InChI=1S/C13H24/c1-11-7-6-9-12(2)8-4-5-10-13(11,12)3/h11H,4-10H2,1-3H3/t11-,12+,13?/m0/s1. The van der Waals surface area contributed by atoms with E-state index in [4.69, 9.17) is 0 Å². The molecule has 2 fully saturated rings. The van der Waals surface area contributed by atoms with Crippen molar-refractivity contribution < 1.29 is 0 Å². The highest BCUT2D eigenvalue weighted by molar-refractivity contribution is 5.00. The van der Waals surface area contributed by atoms with Crippen LogP contribution in [0.5, 0.6) is 0 Å². The molecule has 0 spiro atoms. The fraction of sp³-hybridized carbons (Fsp3) is 1.00. The largest absolute Gasteiger partial charge is 0.0620 e. The number of fused-ring (bicyclic) bond motifs is 1. The van der Waals surface area contributed by atoms with E-state index in [9.17, 15) is 0 Å². The summed E-state index contributed by atoms with van der Waals surface area (Å²) in [5.74, 6) is 0.964. The van der Waals surface area contributed by atoms with Crippen molar-refractivity contribution >= 4 is 0 Å². The molecule has 0 heteroatoms. The summed E-state index contributed by atoms with van der Waals surface area (Å²) in [6, 6.07) is 0. The summed E-state index contributed by atoms with van der Waals surface area (Å²) < 4.78 is 0. The van der Waals surface area contributed by atoms with Crippen molar-refractivity contribution in [3.63, 3.8) is 0 Å². The molecule has 3 atom stereocenters. The van der Waals surface area contributed by atoms with Crippen LogP contribution >= 0.6 is 0 Å².